The minimum Gasteiger partial charge on any atom is -0.494 e. The largest absolute Gasteiger partial charge is 0.494 e. The highest BCUT2D eigenvalue weighted by Crippen LogP contribution is 2.21. The fourth-order valence-electron chi connectivity index (χ4n) is 1.35. The highest BCUT2D eigenvalue weighted by molar-refractivity contribution is 14.1. The van der Waals surface area contributed by atoms with E-state index in [0.29, 0.717) is 9.79 Å². The average molecular weight is 344 g/mol. The summed E-state index contributed by atoms with van der Waals surface area (Å²) in [4.78, 5) is 0. The molecule has 5 heteroatoms. The second-order valence-corrected chi connectivity index (χ2v) is 4.51. The topological polar surface area (TPSA) is 48.2 Å². The Labute approximate surface area is 114 Å². The predicted octanol–water partition coefficient (Wildman–Crippen LogP) is 3.52. The lowest BCUT2D eigenvalue weighted by molar-refractivity contribution is 0.309. The molecular weight excluding hydrogens is 331 g/mol. The summed E-state index contributed by atoms with van der Waals surface area (Å²) in [7, 11) is 0. The van der Waals surface area contributed by atoms with Crippen LogP contribution in [0.15, 0.2) is 28.7 Å². The van der Waals surface area contributed by atoms with Crippen molar-refractivity contribution in [1.29, 1.82) is 0 Å². The molecule has 2 rings (SSSR count). The van der Waals surface area contributed by atoms with E-state index in [4.69, 9.17) is 9.15 Å². The molecule has 0 aliphatic heterocycles. The molecule has 0 amide bonds. The summed E-state index contributed by atoms with van der Waals surface area (Å²) >= 11 is 1.99. The van der Waals surface area contributed by atoms with E-state index in [0.717, 1.165) is 30.8 Å². The molecule has 0 saturated carbocycles. The number of benzene rings is 1. The molecule has 0 aliphatic rings. The Hall–Kier alpha value is -1.11. The molecule has 4 nitrogen and oxygen atoms in total. The lowest BCUT2D eigenvalue weighted by Gasteiger charge is -2.04. The summed E-state index contributed by atoms with van der Waals surface area (Å²) in [5.41, 5.74) is 0.906. The van der Waals surface area contributed by atoms with Crippen LogP contribution in [0.25, 0.3) is 11.5 Å². The van der Waals surface area contributed by atoms with Crippen molar-refractivity contribution in [1.82, 2.24) is 10.2 Å². The lowest BCUT2D eigenvalue weighted by atomic mass is 10.2. The Morgan fingerprint density at radius 1 is 1.24 bits per heavy atom. The Morgan fingerprint density at radius 2 is 2.00 bits per heavy atom. The molecule has 1 aromatic carbocycles. The van der Waals surface area contributed by atoms with Gasteiger partial charge in [-0.2, -0.15) is 0 Å². The van der Waals surface area contributed by atoms with Crippen LogP contribution in [0.2, 0.25) is 0 Å². The number of rotatable bonds is 5. The summed E-state index contributed by atoms with van der Waals surface area (Å²) in [6, 6.07) is 7.68. The lowest BCUT2D eigenvalue weighted by Crippen LogP contribution is -1.95. The predicted molar refractivity (Wildman–Crippen MR) is 72.9 cm³/mol. The van der Waals surface area contributed by atoms with Crippen LogP contribution in [0.5, 0.6) is 5.75 Å². The monoisotopic (exact) mass is 344 g/mol. The first kappa shape index (κ1) is 12.3. The maximum atomic E-state index is 5.57. The third-order valence-corrected chi connectivity index (χ3v) is 2.70. The van der Waals surface area contributed by atoms with Gasteiger partial charge in [0.1, 0.15) is 5.75 Å². The van der Waals surface area contributed by atoms with Crippen molar-refractivity contribution in [2.24, 2.45) is 0 Å². The van der Waals surface area contributed by atoms with E-state index in [1.165, 1.54) is 0 Å². The van der Waals surface area contributed by atoms with Gasteiger partial charge in [-0.1, -0.05) is 13.3 Å². The molecule has 0 radical (unpaired) electrons. The smallest absolute Gasteiger partial charge is 0.278 e. The van der Waals surface area contributed by atoms with Gasteiger partial charge >= 0.3 is 0 Å². The molecule has 17 heavy (non-hydrogen) atoms. The van der Waals surface area contributed by atoms with E-state index in [1.807, 2.05) is 46.9 Å². The van der Waals surface area contributed by atoms with Crippen molar-refractivity contribution in [2.45, 2.75) is 19.8 Å². The van der Waals surface area contributed by atoms with E-state index in [9.17, 15) is 0 Å². The molecule has 0 spiro atoms. The molecule has 0 bridgehead atoms. The van der Waals surface area contributed by atoms with Crippen molar-refractivity contribution < 1.29 is 9.15 Å². The van der Waals surface area contributed by atoms with Gasteiger partial charge in [-0.25, -0.2) is 0 Å². The van der Waals surface area contributed by atoms with Crippen LogP contribution < -0.4 is 4.74 Å². The molecule has 0 atom stereocenters. The van der Waals surface area contributed by atoms with Crippen molar-refractivity contribution >= 4 is 22.6 Å². The van der Waals surface area contributed by atoms with Crippen LogP contribution in [0.4, 0.5) is 0 Å². The number of nitrogens with zero attached hydrogens (tertiary/aromatic N) is 2. The van der Waals surface area contributed by atoms with Gasteiger partial charge in [0, 0.05) is 28.2 Å². The van der Waals surface area contributed by atoms with Crippen molar-refractivity contribution in [3.8, 4) is 17.2 Å². The molecule has 0 unspecified atom stereocenters. The highest BCUT2D eigenvalue weighted by Gasteiger charge is 2.06. The number of hydrogen-bond donors (Lipinski definition) is 0. The van der Waals surface area contributed by atoms with E-state index < -0.39 is 0 Å². The minimum absolute atomic E-state index is 0.537. The molecule has 2 aromatic rings. The Kier molecular flexibility index (Phi) is 4.36. The first-order valence-corrected chi connectivity index (χ1v) is 6.59. The second-order valence-electron chi connectivity index (χ2n) is 3.59. The zero-order valence-electron chi connectivity index (χ0n) is 9.52. The van der Waals surface area contributed by atoms with Crippen LogP contribution in [0.3, 0.4) is 0 Å². The van der Waals surface area contributed by atoms with Gasteiger partial charge in [-0.05, 0) is 30.7 Å². The Bertz CT molecular complexity index is 468. The molecular formula is C12H13IN2O2. The summed E-state index contributed by atoms with van der Waals surface area (Å²) < 4.78 is 11.4. The number of hydrogen-bond acceptors (Lipinski definition) is 4. The van der Waals surface area contributed by atoms with Gasteiger partial charge in [-0.15, -0.1) is 10.2 Å². The molecule has 90 valence electrons. The van der Waals surface area contributed by atoms with E-state index in [-0.39, 0.29) is 0 Å². The van der Waals surface area contributed by atoms with Crippen LogP contribution >= 0.6 is 22.6 Å². The first-order chi connectivity index (χ1) is 8.29. The molecule has 0 saturated heterocycles. The summed E-state index contributed by atoms with van der Waals surface area (Å²) in [5, 5.41) is 7.74. The van der Waals surface area contributed by atoms with Crippen molar-refractivity contribution in [3.63, 3.8) is 0 Å². The molecule has 1 heterocycles. The van der Waals surface area contributed by atoms with Crippen LogP contribution in [-0.4, -0.2) is 16.8 Å². The quantitative estimate of drug-likeness (QED) is 0.615. The zero-order chi connectivity index (χ0) is 12.1. The molecule has 0 fully saturated rings. The SMILES string of the molecule is CCCCOc1ccc(-c2nnc(I)o2)cc1. The van der Waals surface area contributed by atoms with E-state index >= 15 is 0 Å². The van der Waals surface area contributed by atoms with Crippen LogP contribution in [-0.2, 0) is 0 Å². The van der Waals surface area contributed by atoms with Crippen molar-refractivity contribution in [2.75, 3.05) is 6.61 Å². The summed E-state index contributed by atoms with van der Waals surface area (Å²) in [5.74, 6) is 1.41. The third kappa shape index (κ3) is 3.42. The highest BCUT2D eigenvalue weighted by atomic mass is 127. The first-order valence-electron chi connectivity index (χ1n) is 5.52. The number of halogens is 1. The summed E-state index contributed by atoms with van der Waals surface area (Å²) in [6.45, 7) is 2.90. The second kappa shape index (κ2) is 6.00. The molecule has 0 N–H and O–H groups in total. The van der Waals surface area contributed by atoms with Gasteiger partial charge in [-0.3, -0.25) is 0 Å². The Morgan fingerprint density at radius 3 is 2.59 bits per heavy atom. The van der Waals surface area contributed by atoms with Gasteiger partial charge in [0.2, 0.25) is 5.89 Å². The average Bonchev–Trinajstić information content (AvgIpc) is 2.77. The van der Waals surface area contributed by atoms with Crippen LogP contribution in [0, 0.1) is 3.90 Å². The maximum Gasteiger partial charge on any atom is 0.278 e. The summed E-state index contributed by atoms with van der Waals surface area (Å²) in [6.07, 6.45) is 2.21. The fourth-order valence-corrected chi connectivity index (χ4v) is 1.67. The van der Waals surface area contributed by atoms with E-state index in [2.05, 4.69) is 17.1 Å². The maximum absolute atomic E-state index is 5.57. The third-order valence-electron chi connectivity index (χ3n) is 2.27. The fraction of sp³-hybridized carbons (Fsp3) is 0.333. The van der Waals surface area contributed by atoms with E-state index in [1.54, 1.807) is 0 Å². The van der Waals surface area contributed by atoms with Gasteiger partial charge in [0.05, 0.1) is 6.61 Å². The zero-order valence-corrected chi connectivity index (χ0v) is 11.7. The van der Waals surface area contributed by atoms with Gasteiger partial charge < -0.3 is 9.15 Å². The molecule has 1 aromatic heterocycles. The Balaban J connectivity index is 2.02. The van der Waals surface area contributed by atoms with Crippen molar-refractivity contribution in [3.05, 3.63) is 28.2 Å². The minimum atomic E-state index is 0.537. The van der Waals surface area contributed by atoms with Crippen LogP contribution in [0.1, 0.15) is 19.8 Å². The number of ether oxygens (including phenoxy) is 1. The number of unbranched alkanes of at least 4 members (excludes halogenated alkanes) is 1. The standard InChI is InChI=1S/C12H13IN2O2/c1-2-3-8-16-10-6-4-9(5-7-10)11-14-15-12(13)17-11/h4-7H,2-3,8H2,1H3. The van der Waals surface area contributed by atoms with Gasteiger partial charge in [0.25, 0.3) is 3.90 Å². The molecule has 0 aliphatic carbocycles. The number of aromatic nitrogens is 2. The van der Waals surface area contributed by atoms with Gasteiger partial charge in [0.15, 0.2) is 0 Å². The normalized spacial score (nSPS) is 10.5.